The Labute approximate surface area is 159 Å². The standard InChI is InChI=1S/C18H20F3N5O2/c1-11-14(18(19,20)21)16(27)24-23-15(11)25(2)13-5-3-4-12(10-13)17(28)26-8-6-22-7-9-26/h3-5,10,22H,6-9H2,1-2H3,(H,24,27). The first-order valence-electron chi connectivity index (χ1n) is 8.70. The van der Waals surface area contributed by atoms with Crippen molar-refractivity contribution in [3.63, 3.8) is 0 Å². The van der Waals surface area contributed by atoms with Gasteiger partial charge in [-0.05, 0) is 25.1 Å². The number of nitrogens with one attached hydrogen (secondary N) is 2. The fourth-order valence-electron chi connectivity index (χ4n) is 3.21. The maximum atomic E-state index is 13.2. The summed E-state index contributed by atoms with van der Waals surface area (Å²) in [5.74, 6) is -0.183. The highest BCUT2D eigenvalue weighted by Crippen LogP contribution is 2.33. The van der Waals surface area contributed by atoms with Gasteiger partial charge in [0.2, 0.25) is 0 Å². The minimum atomic E-state index is -4.80. The average Bonchev–Trinajstić information content (AvgIpc) is 2.67. The summed E-state index contributed by atoms with van der Waals surface area (Å²) in [6, 6.07) is 6.58. The Bertz CT molecular complexity index is 936. The largest absolute Gasteiger partial charge is 0.422 e. The molecule has 0 radical (unpaired) electrons. The molecule has 0 unspecified atom stereocenters. The number of amides is 1. The lowest BCUT2D eigenvalue weighted by molar-refractivity contribution is -0.139. The molecule has 10 heteroatoms. The van der Waals surface area contributed by atoms with Crippen molar-refractivity contribution < 1.29 is 18.0 Å². The summed E-state index contributed by atoms with van der Waals surface area (Å²) >= 11 is 0. The molecule has 2 N–H and O–H groups in total. The predicted octanol–water partition coefficient (Wildman–Crippen LogP) is 1.91. The Kier molecular flexibility index (Phi) is 5.41. The van der Waals surface area contributed by atoms with E-state index in [4.69, 9.17) is 0 Å². The van der Waals surface area contributed by atoms with Crippen molar-refractivity contribution in [2.24, 2.45) is 0 Å². The minimum absolute atomic E-state index is 0.0429. The highest BCUT2D eigenvalue weighted by molar-refractivity contribution is 5.95. The van der Waals surface area contributed by atoms with Crippen molar-refractivity contribution in [2.45, 2.75) is 13.1 Å². The zero-order valence-corrected chi connectivity index (χ0v) is 15.4. The Morgan fingerprint density at radius 3 is 2.57 bits per heavy atom. The fraction of sp³-hybridized carbons (Fsp3) is 0.389. The molecule has 0 saturated carbocycles. The molecule has 0 bridgehead atoms. The topological polar surface area (TPSA) is 81.3 Å². The second-order valence-electron chi connectivity index (χ2n) is 6.53. The molecular formula is C18H20F3N5O2. The van der Waals surface area contributed by atoms with Crippen molar-refractivity contribution in [1.82, 2.24) is 20.4 Å². The van der Waals surface area contributed by atoms with Crippen LogP contribution in [-0.2, 0) is 6.18 Å². The van der Waals surface area contributed by atoms with Crippen LogP contribution in [0.5, 0.6) is 0 Å². The second kappa shape index (κ2) is 7.63. The maximum Gasteiger partial charge on any atom is 0.422 e. The van der Waals surface area contributed by atoms with Gasteiger partial charge in [-0.2, -0.15) is 18.3 Å². The first-order chi connectivity index (χ1) is 13.2. The van der Waals surface area contributed by atoms with Gasteiger partial charge in [-0.15, -0.1) is 0 Å². The highest BCUT2D eigenvalue weighted by atomic mass is 19.4. The zero-order valence-electron chi connectivity index (χ0n) is 15.4. The Balaban J connectivity index is 1.95. The van der Waals surface area contributed by atoms with Crippen LogP contribution in [-0.4, -0.2) is 54.2 Å². The number of carbonyl (C=O) groups excluding carboxylic acids is 1. The van der Waals surface area contributed by atoms with Gasteiger partial charge in [-0.3, -0.25) is 9.59 Å². The van der Waals surface area contributed by atoms with E-state index in [0.717, 1.165) is 0 Å². The van der Waals surface area contributed by atoms with E-state index in [-0.39, 0.29) is 17.3 Å². The number of carbonyl (C=O) groups is 1. The maximum absolute atomic E-state index is 13.2. The third-order valence-corrected chi connectivity index (χ3v) is 4.69. The van der Waals surface area contributed by atoms with Crippen molar-refractivity contribution in [2.75, 3.05) is 38.1 Å². The second-order valence-corrected chi connectivity index (χ2v) is 6.53. The van der Waals surface area contributed by atoms with Crippen LogP contribution in [0.15, 0.2) is 29.1 Å². The van der Waals surface area contributed by atoms with E-state index in [1.807, 2.05) is 5.10 Å². The number of aromatic nitrogens is 2. The molecule has 0 atom stereocenters. The number of H-pyrrole nitrogens is 1. The van der Waals surface area contributed by atoms with Gasteiger partial charge in [0.15, 0.2) is 5.82 Å². The van der Waals surface area contributed by atoms with Gasteiger partial charge in [-0.25, -0.2) is 5.10 Å². The molecule has 0 aliphatic carbocycles. The predicted molar refractivity (Wildman–Crippen MR) is 97.9 cm³/mol. The van der Waals surface area contributed by atoms with Crippen LogP contribution >= 0.6 is 0 Å². The molecular weight excluding hydrogens is 375 g/mol. The minimum Gasteiger partial charge on any atom is -0.336 e. The van der Waals surface area contributed by atoms with E-state index in [1.54, 1.807) is 29.2 Å². The smallest absolute Gasteiger partial charge is 0.336 e. The Morgan fingerprint density at radius 2 is 1.93 bits per heavy atom. The lowest BCUT2D eigenvalue weighted by Gasteiger charge is -2.28. The van der Waals surface area contributed by atoms with E-state index in [1.165, 1.54) is 18.9 Å². The van der Waals surface area contributed by atoms with Gasteiger partial charge in [0.25, 0.3) is 11.5 Å². The molecule has 1 fully saturated rings. The fourth-order valence-corrected chi connectivity index (χ4v) is 3.21. The summed E-state index contributed by atoms with van der Waals surface area (Å²) in [5, 5.41) is 8.85. The molecule has 1 aliphatic heterocycles. The normalized spacial score (nSPS) is 14.8. The third-order valence-electron chi connectivity index (χ3n) is 4.69. The van der Waals surface area contributed by atoms with Crippen LogP contribution in [0.25, 0.3) is 0 Å². The van der Waals surface area contributed by atoms with Crippen LogP contribution in [0.2, 0.25) is 0 Å². The molecule has 1 aromatic carbocycles. The lowest BCUT2D eigenvalue weighted by atomic mass is 10.1. The van der Waals surface area contributed by atoms with E-state index in [2.05, 4.69) is 10.4 Å². The first kappa shape index (κ1) is 19.9. The molecule has 2 heterocycles. The van der Waals surface area contributed by atoms with Crippen molar-refractivity contribution in [1.29, 1.82) is 0 Å². The van der Waals surface area contributed by atoms with Crippen LogP contribution < -0.4 is 15.8 Å². The molecule has 28 heavy (non-hydrogen) atoms. The van der Waals surface area contributed by atoms with Crippen molar-refractivity contribution in [3.8, 4) is 0 Å². The summed E-state index contributed by atoms with van der Waals surface area (Å²) in [4.78, 5) is 27.4. The highest BCUT2D eigenvalue weighted by Gasteiger charge is 2.37. The van der Waals surface area contributed by atoms with Crippen LogP contribution in [0, 0.1) is 6.92 Å². The molecule has 150 valence electrons. The number of rotatable bonds is 3. The number of halogens is 3. The Hall–Kier alpha value is -2.88. The lowest BCUT2D eigenvalue weighted by Crippen LogP contribution is -2.46. The molecule has 3 rings (SSSR count). The molecule has 7 nitrogen and oxygen atoms in total. The number of alkyl halides is 3. The van der Waals surface area contributed by atoms with Gasteiger partial charge in [0.1, 0.15) is 5.56 Å². The van der Waals surface area contributed by atoms with E-state index < -0.39 is 17.3 Å². The number of anilines is 2. The first-order valence-corrected chi connectivity index (χ1v) is 8.70. The quantitative estimate of drug-likeness (QED) is 0.830. The van der Waals surface area contributed by atoms with Gasteiger partial charge >= 0.3 is 6.18 Å². The van der Waals surface area contributed by atoms with Crippen LogP contribution in [0.3, 0.4) is 0 Å². The van der Waals surface area contributed by atoms with Crippen molar-refractivity contribution >= 4 is 17.4 Å². The number of aromatic amines is 1. The van der Waals surface area contributed by atoms with Gasteiger partial charge < -0.3 is 15.1 Å². The number of hydrogen-bond donors (Lipinski definition) is 2. The molecule has 1 amide bonds. The van der Waals surface area contributed by atoms with E-state index in [0.29, 0.717) is 37.4 Å². The number of benzene rings is 1. The van der Waals surface area contributed by atoms with Gasteiger partial charge in [0, 0.05) is 50.0 Å². The monoisotopic (exact) mass is 395 g/mol. The molecule has 2 aromatic rings. The van der Waals surface area contributed by atoms with E-state index >= 15 is 0 Å². The molecule has 1 saturated heterocycles. The van der Waals surface area contributed by atoms with Gasteiger partial charge in [-0.1, -0.05) is 6.07 Å². The van der Waals surface area contributed by atoms with Crippen LogP contribution in [0.4, 0.5) is 24.7 Å². The SMILES string of the molecule is Cc1c(N(C)c2cccc(C(=O)N3CCNCC3)c2)n[nH]c(=O)c1C(F)(F)F. The summed E-state index contributed by atoms with van der Waals surface area (Å²) < 4.78 is 39.6. The summed E-state index contributed by atoms with van der Waals surface area (Å²) in [7, 11) is 1.53. The Morgan fingerprint density at radius 1 is 1.25 bits per heavy atom. The van der Waals surface area contributed by atoms with Gasteiger partial charge in [0.05, 0.1) is 0 Å². The number of nitrogens with zero attached hydrogens (tertiary/aromatic N) is 3. The third kappa shape index (κ3) is 3.86. The summed E-state index contributed by atoms with van der Waals surface area (Å²) in [6.07, 6.45) is -4.80. The number of hydrogen-bond acceptors (Lipinski definition) is 5. The van der Waals surface area contributed by atoms with Crippen molar-refractivity contribution in [3.05, 3.63) is 51.3 Å². The zero-order chi connectivity index (χ0) is 20.5. The number of piperazine rings is 1. The molecule has 1 aromatic heterocycles. The summed E-state index contributed by atoms with van der Waals surface area (Å²) in [6.45, 7) is 3.81. The van der Waals surface area contributed by atoms with Crippen LogP contribution in [0.1, 0.15) is 21.5 Å². The summed E-state index contributed by atoms with van der Waals surface area (Å²) in [5.41, 5.74) is -1.93. The van der Waals surface area contributed by atoms with E-state index in [9.17, 15) is 22.8 Å². The molecule has 1 aliphatic rings. The average molecular weight is 395 g/mol. The molecule has 0 spiro atoms.